The van der Waals surface area contributed by atoms with Crippen molar-refractivity contribution >= 4 is 0 Å². The lowest BCUT2D eigenvalue weighted by Crippen LogP contribution is -2.30. The number of nitrogens with two attached hydrogens (primary N) is 1. The molecule has 1 unspecified atom stereocenters. The van der Waals surface area contributed by atoms with E-state index in [0.29, 0.717) is 6.42 Å². The molecule has 1 atom stereocenters. The van der Waals surface area contributed by atoms with Gasteiger partial charge in [0, 0.05) is 5.56 Å². The molecule has 2 rings (SSSR count). The molecule has 0 radical (unpaired) electrons. The number of hydrazine groups is 1. The number of rotatable bonds is 4. The van der Waals surface area contributed by atoms with Gasteiger partial charge in [-0.1, -0.05) is 29.8 Å². The van der Waals surface area contributed by atoms with Gasteiger partial charge in [0.15, 0.2) is 0 Å². The van der Waals surface area contributed by atoms with Gasteiger partial charge >= 0.3 is 0 Å². The summed E-state index contributed by atoms with van der Waals surface area (Å²) in [5.41, 5.74) is 4.93. The standard InChI is InChI=1S/C15H16F2N2/c1-10-3-2-4-11(7-10)8-15(19-18)13-9-12(16)5-6-14(13)17/h2-7,9,15,19H,8,18H2,1H3. The Morgan fingerprint density at radius 3 is 2.63 bits per heavy atom. The second-order valence-electron chi connectivity index (χ2n) is 4.58. The van der Waals surface area contributed by atoms with Gasteiger partial charge < -0.3 is 0 Å². The maximum atomic E-state index is 13.7. The first-order valence-corrected chi connectivity index (χ1v) is 6.07. The molecule has 4 heteroatoms. The van der Waals surface area contributed by atoms with Crippen LogP contribution in [0, 0.1) is 18.6 Å². The van der Waals surface area contributed by atoms with Crippen LogP contribution in [-0.4, -0.2) is 0 Å². The Morgan fingerprint density at radius 1 is 1.16 bits per heavy atom. The van der Waals surface area contributed by atoms with Gasteiger partial charge in [-0.3, -0.25) is 11.3 Å². The molecule has 2 aromatic carbocycles. The van der Waals surface area contributed by atoms with Crippen molar-refractivity contribution in [2.75, 3.05) is 0 Å². The molecule has 0 aromatic heterocycles. The molecular weight excluding hydrogens is 246 g/mol. The highest BCUT2D eigenvalue weighted by Crippen LogP contribution is 2.22. The van der Waals surface area contributed by atoms with Crippen LogP contribution in [0.4, 0.5) is 8.78 Å². The lowest BCUT2D eigenvalue weighted by atomic mass is 9.98. The predicted molar refractivity (Wildman–Crippen MR) is 71.3 cm³/mol. The normalized spacial score (nSPS) is 12.4. The van der Waals surface area contributed by atoms with Gasteiger partial charge in [0.05, 0.1) is 6.04 Å². The van der Waals surface area contributed by atoms with Crippen molar-refractivity contribution < 1.29 is 8.78 Å². The van der Waals surface area contributed by atoms with Crippen LogP contribution in [0.15, 0.2) is 42.5 Å². The van der Waals surface area contributed by atoms with E-state index in [9.17, 15) is 8.78 Å². The van der Waals surface area contributed by atoms with E-state index >= 15 is 0 Å². The molecule has 100 valence electrons. The SMILES string of the molecule is Cc1cccc(CC(NN)c2cc(F)ccc2F)c1. The van der Waals surface area contributed by atoms with Crippen LogP contribution in [-0.2, 0) is 6.42 Å². The summed E-state index contributed by atoms with van der Waals surface area (Å²) in [5.74, 6) is 4.54. The highest BCUT2D eigenvalue weighted by Gasteiger charge is 2.16. The van der Waals surface area contributed by atoms with Gasteiger partial charge in [-0.25, -0.2) is 8.78 Å². The highest BCUT2D eigenvalue weighted by atomic mass is 19.1. The van der Waals surface area contributed by atoms with Gasteiger partial charge in [-0.05, 0) is 37.1 Å². The second-order valence-corrected chi connectivity index (χ2v) is 4.58. The number of hydrogen-bond donors (Lipinski definition) is 2. The molecule has 0 fully saturated rings. The van der Waals surface area contributed by atoms with Gasteiger partial charge in [0.1, 0.15) is 11.6 Å². The Labute approximate surface area is 111 Å². The lowest BCUT2D eigenvalue weighted by Gasteiger charge is -2.17. The van der Waals surface area contributed by atoms with Crippen LogP contribution >= 0.6 is 0 Å². The summed E-state index contributed by atoms with van der Waals surface area (Å²) in [6.07, 6.45) is 0.499. The molecule has 0 aliphatic carbocycles. The van der Waals surface area contributed by atoms with Gasteiger partial charge in [0.2, 0.25) is 0 Å². The summed E-state index contributed by atoms with van der Waals surface area (Å²) in [6, 6.07) is 10.8. The van der Waals surface area contributed by atoms with E-state index in [4.69, 9.17) is 5.84 Å². The van der Waals surface area contributed by atoms with Crippen molar-refractivity contribution in [2.45, 2.75) is 19.4 Å². The fourth-order valence-electron chi connectivity index (χ4n) is 2.12. The smallest absolute Gasteiger partial charge is 0.128 e. The molecule has 0 aliphatic rings. The van der Waals surface area contributed by atoms with Gasteiger partial charge in [-0.2, -0.15) is 0 Å². The Morgan fingerprint density at radius 2 is 1.95 bits per heavy atom. The minimum absolute atomic E-state index is 0.240. The monoisotopic (exact) mass is 262 g/mol. The quantitative estimate of drug-likeness (QED) is 0.656. The first-order chi connectivity index (χ1) is 9.10. The van der Waals surface area contributed by atoms with Crippen molar-refractivity contribution in [1.29, 1.82) is 0 Å². The number of nitrogens with one attached hydrogen (secondary N) is 1. The second kappa shape index (κ2) is 5.91. The summed E-state index contributed by atoms with van der Waals surface area (Å²) in [7, 11) is 0. The number of hydrogen-bond acceptors (Lipinski definition) is 2. The zero-order valence-corrected chi connectivity index (χ0v) is 10.7. The molecule has 0 saturated carbocycles. The molecule has 0 saturated heterocycles. The molecule has 0 spiro atoms. The molecular formula is C15H16F2N2. The summed E-state index contributed by atoms with van der Waals surface area (Å²) in [5, 5.41) is 0. The Balaban J connectivity index is 2.27. The summed E-state index contributed by atoms with van der Waals surface area (Å²) < 4.78 is 26.9. The number of benzene rings is 2. The third-order valence-electron chi connectivity index (χ3n) is 3.06. The van der Waals surface area contributed by atoms with E-state index in [0.717, 1.165) is 23.3 Å². The first kappa shape index (κ1) is 13.6. The van der Waals surface area contributed by atoms with E-state index in [1.165, 1.54) is 6.07 Å². The Bertz CT molecular complexity index is 570. The molecule has 0 bridgehead atoms. The molecule has 2 nitrogen and oxygen atoms in total. The van der Waals surface area contributed by atoms with Gasteiger partial charge in [0.25, 0.3) is 0 Å². The average molecular weight is 262 g/mol. The van der Waals surface area contributed by atoms with Crippen LogP contribution in [0.2, 0.25) is 0 Å². The van der Waals surface area contributed by atoms with Crippen LogP contribution in [0.5, 0.6) is 0 Å². The molecule has 2 aromatic rings. The third kappa shape index (κ3) is 3.36. The van der Waals surface area contributed by atoms with Crippen molar-refractivity contribution in [3.8, 4) is 0 Å². The average Bonchev–Trinajstić information content (AvgIpc) is 2.39. The summed E-state index contributed by atoms with van der Waals surface area (Å²) >= 11 is 0. The van der Waals surface area contributed by atoms with E-state index < -0.39 is 17.7 Å². The zero-order valence-electron chi connectivity index (χ0n) is 10.7. The van der Waals surface area contributed by atoms with Crippen LogP contribution < -0.4 is 11.3 Å². The van der Waals surface area contributed by atoms with Gasteiger partial charge in [-0.15, -0.1) is 0 Å². The molecule has 0 amide bonds. The lowest BCUT2D eigenvalue weighted by molar-refractivity contribution is 0.502. The van der Waals surface area contributed by atoms with Crippen LogP contribution in [0.1, 0.15) is 22.7 Å². The van der Waals surface area contributed by atoms with E-state index in [2.05, 4.69) is 5.43 Å². The Kier molecular flexibility index (Phi) is 4.24. The molecule has 0 heterocycles. The molecule has 0 aliphatic heterocycles. The van der Waals surface area contributed by atoms with Crippen molar-refractivity contribution in [1.82, 2.24) is 5.43 Å². The van der Waals surface area contributed by atoms with E-state index in [1.54, 1.807) is 0 Å². The third-order valence-corrected chi connectivity index (χ3v) is 3.06. The largest absolute Gasteiger partial charge is 0.271 e. The summed E-state index contributed by atoms with van der Waals surface area (Å²) in [4.78, 5) is 0. The number of halogens is 2. The number of aryl methyl sites for hydroxylation is 1. The topological polar surface area (TPSA) is 38.0 Å². The van der Waals surface area contributed by atoms with E-state index in [1.807, 2.05) is 31.2 Å². The summed E-state index contributed by atoms with van der Waals surface area (Å²) in [6.45, 7) is 1.98. The maximum Gasteiger partial charge on any atom is 0.128 e. The first-order valence-electron chi connectivity index (χ1n) is 6.07. The predicted octanol–water partition coefficient (Wildman–Crippen LogP) is 3.02. The van der Waals surface area contributed by atoms with Crippen molar-refractivity contribution in [3.63, 3.8) is 0 Å². The van der Waals surface area contributed by atoms with Crippen LogP contribution in [0.25, 0.3) is 0 Å². The fraction of sp³-hybridized carbons (Fsp3) is 0.200. The van der Waals surface area contributed by atoms with Crippen LogP contribution in [0.3, 0.4) is 0 Å². The molecule has 3 N–H and O–H groups in total. The fourth-order valence-corrected chi connectivity index (χ4v) is 2.12. The molecule has 19 heavy (non-hydrogen) atoms. The highest BCUT2D eigenvalue weighted by molar-refractivity contribution is 5.27. The Hall–Kier alpha value is -1.78. The minimum atomic E-state index is -0.471. The zero-order chi connectivity index (χ0) is 13.8. The van der Waals surface area contributed by atoms with E-state index in [-0.39, 0.29) is 5.56 Å². The van der Waals surface area contributed by atoms with Crippen molar-refractivity contribution in [2.24, 2.45) is 5.84 Å². The van der Waals surface area contributed by atoms with Crippen molar-refractivity contribution in [3.05, 3.63) is 70.8 Å². The maximum absolute atomic E-state index is 13.7. The minimum Gasteiger partial charge on any atom is -0.271 e.